The molecule has 2 rings (SSSR count). The van der Waals surface area contributed by atoms with E-state index in [-0.39, 0.29) is 6.04 Å². The highest BCUT2D eigenvalue weighted by atomic mass is 16.4. The van der Waals surface area contributed by atoms with Crippen LogP contribution < -0.4 is 5.73 Å². The van der Waals surface area contributed by atoms with Crippen molar-refractivity contribution in [1.82, 2.24) is 0 Å². The number of carboxylic acids is 1. The molecule has 2 saturated carbocycles. The molecule has 0 amide bonds. The molecule has 2 aliphatic carbocycles. The number of hydrogen-bond acceptors (Lipinski definition) is 2. The maximum atomic E-state index is 10.5. The molecule has 0 radical (unpaired) electrons. The Morgan fingerprint density at radius 3 is 2.67 bits per heavy atom. The molecule has 2 bridgehead atoms. The summed E-state index contributed by atoms with van der Waals surface area (Å²) in [6.07, 6.45) is 3.76. The minimum Gasteiger partial charge on any atom is -0.481 e. The molecular formula is C9H15NO2. The second kappa shape index (κ2) is 2.73. The fraction of sp³-hybridized carbons (Fsp3) is 0.889. The summed E-state index contributed by atoms with van der Waals surface area (Å²) >= 11 is 0. The first-order valence-corrected chi connectivity index (χ1v) is 4.66. The van der Waals surface area contributed by atoms with Gasteiger partial charge in [0.15, 0.2) is 0 Å². The minimum absolute atomic E-state index is 0.285. The minimum atomic E-state index is -0.661. The Morgan fingerprint density at radius 2 is 2.25 bits per heavy atom. The number of rotatable bonds is 2. The van der Waals surface area contributed by atoms with Crippen LogP contribution in [0.5, 0.6) is 0 Å². The van der Waals surface area contributed by atoms with E-state index in [1.807, 2.05) is 0 Å². The molecule has 2 fully saturated rings. The molecule has 0 aromatic rings. The largest absolute Gasteiger partial charge is 0.481 e. The maximum absolute atomic E-state index is 10.5. The highest BCUT2D eigenvalue weighted by molar-refractivity contribution is 5.67. The third-order valence-electron chi connectivity index (χ3n) is 3.56. The summed E-state index contributed by atoms with van der Waals surface area (Å²) in [7, 11) is 0. The lowest BCUT2D eigenvalue weighted by Gasteiger charge is -2.16. The van der Waals surface area contributed by atoms with Gasteiger partial charge in [-0.05, 0) is 37.0 Å². The van der Waals surface area contributed by atoms with E-state index in [0.29, 0.717) is 24.2 Å². The number of aliphatic carboxylic acids is 1. The zero-order valence-electron chi connectivity index (χ0n) is 7.07. The van der Waals surface area contributed by atoms with Gasteiger partial charge < -0.3 is 10.8 Å². The van der Waals surface area contributed by atoms with Crippen LogP contribution in [-0.2, 0) is 4.79 Å². The van der Waals surface area contributed by atoms with Gasteiger partial charge in [0, 0.05) is 12.5 Å². The predicted molar refractivity (Wildman–Crippen MR) is 44.5 cm³/mol. The van der Waals surface area contributed by atoms with Crippen LogP contribution in [0.4, 0.5) is 0 Å². The molecule has 3 nitrogen and oxygen atoms in total. The van der Waals surface area contributed by atoms with Gasteiger partial charge in [-0.1, -0.05) is 0 Å². The molecule has 3 N–H and O–H groups in total. The quantitative estimate of drug-likeness (QED) is 0.643. The Morgan fingerprint density at radius 1 is 1.50 bits per heavy atom. The molecule has 0 unspecified atom stereocenters. The molecule has 0 spiro atoms. The summed E-state index contributed by atoms with van der Waals surface area (Å²) in [6, 6.07) is 0.285. The van der Waals surface area contributed by atoms with Crippen molar-refractivity contribution in [1.29, 1.82) is 0 Å². The zero-order valence-corrected chi connectivity index (χ0v) is 7.07. The summed E-state index contributed by atoms with van der Waals surface area (Å²) < 4.78 is 0. The third kappa shape index (κ3) is 1.12. The molecule has 12 heavy (non-hydrogen) atoms. The van der Waals surface area contributed by atoms with Gasteiger partial charge in [-0.3, -0.25) is 4.79 Å². The van der Waals surface area contributed by atoms with Gasteiger partial charge in [-0.25, -0.2) is 0 Å². The molecular weight excluding hydrogens is 154 g/mol. The van der Waals surface area contributed by atoms with Crippen molar-refractivity contribution in [3.8, 4) is 0 Å². The van der Waals surface area contributed by atoms with Crippen LogP contribution in [0.1, 0.15) is 25.7 Å². The predicted octanol–water partition coefficient (Wildman–Crippen LogP) is 0.834. The van der Waals surface area contributed by atoms with E-state index in [1.165, 1.54) is 6.42 Å². The SMILES string of the molecule is N[C@@H]1C[C@H]2CC[C@H]1[C@@H]2CC(=O)O. The van der Waals surface area contributed by atoms with Crippen molar-refractivity contribution < 1.29 is 9.90 Å². The average molecular weight is 169 g/mol. The summed E-state index contributed by atoms with van der Waals surface area (Å²) in [5.74, 6) is 0.843. The van der Waals surface area contributed by atoms with E-state index in [2.05, 4.69) is 0 Å². The third-order valence-corrected chi connectivity index (χ3v) is 3.56. The van der Waals surface area contributed by atoms with Crippen molar-refractivity contribution in [2.45, 2.75) is 31.7 Å². The van der Waals surface area contributed by atoms with Crippen LogP contribution in [0, 0.1) is 17.8 Å². The van der Waals surface area contributed by atoms with E-state index in [1.54, 1.807) is 0 Å². The lowest BCUT2D eigenvalue weighted by atomic mass is 9.93. The molecule has 0 aromatic carbocycles. The van der Waals surface area contributed by atoms with Gasteiger partial charge in [-0.15, -0.1) is 0 Å². The Kier molecular flexibility index (Phi) is 1.83. The van der Waals surface area contributed by atoms with Gasteiger partial charge in [0.05, 0.1) is 0 Å². The Labute approximate surface area is 71.9 Å². The second-order valence-electron chi connectivity index (χ2n) is 4.16. The number of carboxylic acid groups (broad SMARTS) is 1. The van der Waals surface area contributed by atoms with Crippen LogP contribution in [-0.4, -0.2) is 17.1 Å². The van der Waals surface area contributed by atoms with E-state index in [9.17, 15) is 4.79 Å². The maximum Gasteiger partial charge on any atom is 0.303 e. The van der Waals surface area contributed by atoms with E-state index in [0.717, 1.165) is 12.8 Å². The van der Waals surface area contributed by atoms with E-state index < -0.39 is 5.97 Å². The van der Waals surface area contributed by atoms with Gasteiger partial charge in [0.1, 0.15) is 0 Å². The monoisotopic (exact) mass is 169 g/mol. The molecule has 4 atom stereocenters. The van der Waals surface area contributed by atoms with Crippen LogP contribution in [0.15, 0.2) is 0 Å². The molecule has 0 saturated heterocycles. The van der Waals surface area contributed by atoms with Crippen LogP contribution in [0.25, 0.3) is 0 Å². The van der Waals surface area contributed by atoms with Gasteiger partial charge in [0.25, 0.3) is 0 Å². The molecule has 68 valence electrons. The lowest BCUT2D eigenvalue weighted by Crippen LogP contribution is -2.27. The molecule has 0 aliphatic heterocycles. The molecule has 3 heteroatoms. The zero-order chi connectivity index (χ0) is 8.72. The fourth-order valence-corrected chi connectivity index (χ4v) is 3.05. The first-order valence-electron chi connectivity index (χ1n) is 4.66. The van der Waals surface area contributed by atoms with Crippen molar-refractivity contribution in [3.05, 3.63) is 0 Å². The second-order valence-corrected chi connectivity index (χ2v) is 4.16. The number of hydrogen-bond donors (Lipinski definition) is 2. The lowest BCUT2D eigenvalue weighted by molar-refractivity contribution is -0.138. The first kappa shape index (κ1) is 8.05. The number of carbonyl (C=O) groups is 1. The Balaban J connectivity index is 2.03. The van der Waals surface area contributed by atoms with Crippen LogP contribution >= 0.6 is 0 Å². The summed E-state index contributed by atoms with van der Waals surface area (Å²) in [5, 5.41) is 8.68. The number of nitrogens with two attached hydrogens (primary N) is 1. The highest BCUT2D eigenvalue weighted by Gasteiger charge is 2.46. The fourth-order valence-electron chi connectivity index (χ4n) is 3.05. The molecule has 0 heterocycles. The average Bonchev–Trinajstić information content (AvgIpc) is 2.44. The van der Waals surface area contributed by atoms with E-state index in [4.69, 9.17) is 10.8 Å². The number of fused-ring (bicyclic) bond motifs is 2. The van der Waals surface area contributed by atoms with E-state index >= 15 is 0 Å². The van der Waals surface area contributed by atoms with Gasteiger partial charge >= 0.3 is 5.97 Å². The smallest absolute Gasteiger partial charge is 0.303 e. The summed E-state index contributed by atoms with van der Waals surface area (Å²) in [4.78, 5) is 10.5. The highest BCUT2D eigenvalue weighted by Crippen LogP contribution is 2.49. The van der Waals surface area contributed by atoms with Crippen molar-refractivity contribution >= 4 is 5.97 Å². The van der Waals surface area contributed by atoms with Crippen molar-refractivity contribution in [2.75, 3.05) is 0 Å². The van der Waals surface area contributed by atoms with Crippen molar-refractivity contribution in [3.63, 3.8) is 0 Å². The normalized spacial score (nSPS) is 45.1. The first-order chi connectivity index (χ1) is 5.68. The summed E-state index contributed by atoms with van der Waals surface area (Å²) in [5.41, 5.74) is 5.89. The Bertz CT molecular complexity index is 205. The molecule has 0 aromatic heterocycles. The van der Waals surface area contributed by atoms with Gasteiger partial charge in [-0.2, -0.15) is 0 Å². The summed E-state index contributed by atoms with van der Waals surface area (Å²) in [6.45, 7) is 0. The molecule has 2 aliphatic rings. The van der Waals surface area contributed by atoms with Gasteiger partial charge in [0.2, 0.25) is 0 Å². The topological polar surface area (TPSA) is 63.3 Å². The van der Waals surface area contributed by atoms with Crippen LogP contribution in [0.3, 0.4) is 0 Å². The van der Waals surface area contributed by atoms with Crippen LogP contribution in [0.2, 0.25) is 0 Å². The van der Waals surface area contributed by atoms with Crippen molar-refractivity contribution in [2.24, 2.45) is 23.5 Å². The Hall–Kier alpha value is -0.570. The standard InChI is InChI=1S/C9H15NO2/c10-8-3-5-1-2-6(8)7(5)4-9(11)12/h5-8H,1-4,10H2,(H,11,12)/t5-,6+,7-,8-/m1/s1.